The Morgan fingerprint density at radius 2 is 1.44 bits per heavy atom. The maximum atomic E-state index is 14.6. The number of carboxylic acid groups (broad SMARTS) is 1. The summed E-state index contributed by atoms with van der Waals surface area (Å²) in [5.74, 6) is -6.12. The van der Waals surface area contributed by atoms with Crippen molar-refractivity contribution < 1.29 is 53.1 Å². The molecule has 3 aliphatic rings. The van der Waals surface area contributed by atoms with Crippen LogP contribution < -0.4 is 27.0 Å². The second kappa shape index (κ2) is 24.6. The number of nitrogens with two attached hydrogens (primary N) is 1. The third kappa shape index (κ3) is 15.6. The van der Waals surface area contributed by atoms with Crippen molar-refractivity contribution in [3.05, 3.63) is 69.8 Å². The number of benzene rings is 1. The molecule has 1 aromatic carbocycles. The van der Waals surface area contributed by atoms with Crippen molar-refractivity contribution >= 4 is 47.4 Å². The zero-order valence-corrected chi connectivity index (χ0v) is 37.5. The van der Waals surface area contributed by atoms with Gasteiger partial charge in [0.05, 0.1) is 18.2 Å². The minimum Gasteiger partial charge on any atom is -0.478 e. The fourth-order valence-electron chi connectivity index (χ4n) is 8.45. The van der Waals surface area contributed by atoms with Crippen LogP contribution in [0.15, 0.2) is 48.6 Å². The number of carboxylic acids is 1. The second-order valence-electron chi connectivity index (χ2n) is 17.7. The third-order valence-electron chi connectivity index (χ3n) is 11.8. The molecule has 0 unspecified atom stereocenters. The zero-order chi connectivity index (χ0) is 47.7. The third-order valence-corrected chi connectivity index (χ3v) is 11.8. The molecule has 2 saturated carbocycles. The number of hydrogen-bond donors (Lipinski definition) is 6. The molecule has 0 spiro atoms. The largest absolute Gasteiger partial charge is 0.478 e. The first-order valence-electron chi connectivity index (χ1n) is 21.8. The molecular formula is C45H65N7O12. The van der Waals surface area contributed by atoms with Crippen LogP contribution in [0.25, 0.3) is 0 Å². The van der Waals surface area contributed by atoms with Gasteiger partial charge in [-0.3, -0.25) is 38.9 Å². The quantitative estimate of drug-likeness (QED) is 0.0432. The Morgan fingerprint density at radius 3 is 1.95 bits per heavy atom. The molecule has 19 nitrogen and oxygen atoms in total. The molecule has 0 aromatic heterocycles. The molecule has 3 fully saturated rings. The molecular weight excluding hydrogens is 831 g/mol. The number of allylic oxidation sites excluding steroid dienone is 1. The number of ether oxygens (including phenoxy) is 1. The van der Waals surface area contributed by atoms with Gasteiger partial charge in [0.1, 0.15) is 30.2 Å². The van der Waals surface area contributed by atoms with E-state index in [1.807, 2.05) is 0 Å². The van der Waals surface area contributed by atoms with E-state index in [4.69, 9.17) is 15.8 Å². The van der Waals surface area contributed by atoms with Gasteiger partial charge >= 0.3 is 11.9 Å². The van der Waals surface area contributed by atoms with Crippen molar-refractivity contribution in [1.29, 1.82) is 0 Å². The summed E-state index contributed by atoms with van der Waals surface area (Å²) in [4.78, 5) is 116. The van der Waals surface area contributed by atoms with E-state index in [0.717, 1.165) is 58.4 Å². The van der Waals surface area contributed by atoms with Gasteiger partial charge in [0.15, 0.2) is 7.05 Å². The average molecular weight is 896 g/mol. The molecule has 1 aromatic rings. The van der Waals surface area contributed by atoms with Gasteiger partial charge in [-0.1, -0.05) is 89.7 Å². The lowest BCUT2D eigenvalue weighted by Gasteiger charge is -2.37. The summed E-state index contributed by atoms with van der Waals surface area (Å²) in [5, 5.41) is 29.7. The summed E-state index contributed by atoms with van der Waals surface area (Å²) in [6.07, 6.45) is 11.4. The van der Waals surface area contributed by atoms with E-state index in [1.54, 1.807) is 20.8 Å². The van der Waals surface area contributed by atoms with Gasteiger partial charge in [0.25, 0.3) is 5.91 Å². The van der Waals surface area contributed by atoms with Crippen molar-refractivity contribution in [3.63, 3.8) is 0 Å². The zero-order valence-electron chi connectivity index (χ0n) is 37.5. The van der Waals surface area contributed by atoms with Crippen LogP contribution in [0.4, 0.5) is 0 Å². The Balaban J connectivity index is 0.00000261. The summed E-state index contributed by atoms with van der Waals surface area (Å²) in [7, 11) is 2.10. The molecule has 1 aliphatic heterocycles. The van der Waals surface area contributed by atoms with Crippen LogP contribution >= 0.6 is 0 Å². The number of carbonyl (C=O) groups is 8. The van der Waals surface area contributed by atoms with Crippen molar-refractivity contribution in [1.82, 2.24) is 26.2 Å². The van der Waals surface area contributed by atoms with E-state index in [0.29, 0.717) is 18.4 Å². The number of carbonyl (C=O) groups excluding carboxylic acids is 7. The summed E-state index contributed by atoms with van der Waals surface area (Å²) in [6.45, 7) is 9.27. The molecule has 64 heavy (non-hydrogen) atoms. The minimum absolute atomic E-state index is 0.00948. The minimum atomic E-state index is -1.34. The van der Waals surface area contributed by atoms with Crippen molar-refractivity contribution in [2.45, 2.75) is 134 Å². The number of amides is 6. The first-order valence-corrected chi connectivity index (χ1v) is 21.8. The summed E-state index contributed by atoms with van der Waals surface area (Å²) in [5.41, 5.74) is 5.01. The van der Waals surface area contributed by atoms with E-state index in [1.165, 1.54) is 48.4 Å². The maximum absolute atomic E-state index is 14.6. The number of nitrogens with zero attached hydrogens (tertiary/aromatic N) is 2. The van der Waals surface area contributed by atoms with Gasteiger partial charge in [-0.15, -0.1) is 0 Å². The van der Waals surface area contributed by atoms with E-state index >= 15 is 0 Å². The van der Waals surface area contributed by atoms with Gasteiger partial charge in [-0.25, -0.2) is 9.59 Å². The number of methoxy groups -OCH3 is 1. The van der Waals surface area contributed by atoms with Crippen LogP contribution in [0.5, 0.6) is 0 Å². The Hall–Kier alpha value is -6.14. The molecule has 0 radical (unpaired) electrons. The number of esters is 1. The lowest BCUT2D eigenvalue weighted by Crippen LogP contribution is -2.62. The Labute approximate surface area is 373 Å². The molecule has 19 heteroatoms. The number of nitro groups is 1. The summed E-state index contributed by atoms with van der Waals surface area (Å²) in [6, 6.07) is 0.0854. The topological polar surface area (TPSA) is 287 Å². The van der Waals surface area contributed by atoms with Crippen LogP contribution in [0.1, 0.15) is 125 Å². The highest BCUT2D eigenvalue weighted by Crippen LogP contribution is 2.31. The predicted molar refractivity (Wildman–Crippen MR) is 235 cm³/mol. The lowest BCUT2D eigenvalue weighted by molar-refractivity contribution is -0.445. The molecule has 1 heterocycles. The highest BCUT2D eigenvalue weighted by molar-refractivity contribution is 6.06. The van der Waals surface area contributed by atoms with Crippen molar-refractivity contribution in [2.75, 3.05) is 20.7 Å². The van der Waals surface area contributed by atoms with E-state index in [2.05, 4.69) is 32.6 Å². The van der Waals surface area contributed by atoms with Crippen LogP contribution in [-0.4, -0.2) is 113 Å². The lowest BCUT2D eigenvalue weighted by atomic mass is 9.81. The van der Waals surface area contributed by atoms with E-state index in [9.17, 15) is 43.5 Å². The fourth-order valence-corrected chi connectivity index (χ4v) is 8.45. The number of hydrogen-bond acceptors (Lipinski definition) is 11. The van der Waals surface area contributed by atoms with Crippen LogP contribution in [-0.2, 0) is 33.5 Å². The van der Waals surface area contributed by atoms with Crippen LogP contribution in [0.2, 0.25) is 0 Å². The molecule has 1 saturated heterocycles. The normalized spacial score (nSPS) is 18.9. The predicted octanol–water partition coefficient (Wildman–Crippen LogP) is 3.19. The standard InChI is InChI=1S/C44H62N6O10.CH3NO2/c1-26-24-32(40(55)48-35(28-18-10-7-11-19-28)41(56)47-34(37(45)52)27-16-8-6-9-17-27)50(25-26)42(57)36(44(2,3)4)49-39(54)31(22-14-15-23-33(51)60-5)46-38(53)29-20-12-13-21-30(29)43(58)59;1-2(3)4/h12-13,15,20-21,23,27-28,31-32,34-36H,1,6-11,14,16-19,22,24-25H2,2-5H3,(H2,45,52)(H,46,53)(H,47,56)(H,48,55)(H,49,54)(H,58,59);1H3/b23-15+;/t31-,32-,34-,35-,36+;/m0./s1. The Kier molecular flexibility index (Phi) is 20.1. The second-order valence-corrected chi connectivity index (χ2v) is 17.7. The molecule has 5 atom stereocenters. The van der Waals surface area contributed by atoms with Crippen LogP contribution in [0.3, 0.4) is 0 Å². The average Bonchev–Trinajstić information content (AvgIpc) is 3.65. The summed E-state index contributed by atoms with van der Waals surface area (Å²) >= 11 is 0. The highest BCUT2D eigenvalue weighted by Gasteiger charge is 2.45. The number of aromatic carboxylic acids is 1. The first kappa shape index (κ1) is 52.2. The molecule has 2 aliphatic carbocycles. The molecule has 4 rings (SSSR count). The van der Waals surface area contributed by atoms with Gasteiger partial charge in [0, 0.05) is 17.5 Å². The Morgan fingerprint density at radius 1 is 0.891 bits per heavy atom. The SMILES string of the molecule is C=C1C[C@@H](C(=O)N[C@H](C(=O)N[C@H](C(N)=O)C2CCCCC2)C2CCCCC2)N(C(=O)[C@@H](NC(=O)[C@H](CC/C=C/C(=O)OC)NC(=O)c2ccccc2C(=O)O)C(C)(C)C)C1.C[N+](=O)[O-]. The highest BCUT2D eigenvalue weighted by atomic mass is 16.6. The van der Waals surface area contributed by atoms with E-state index in [-0.39, 0.29) is 48.8 Å². The summed E-state index contributed by atoms with van der Waals surface area (Å²) < 4.78 is 4.63. The fraction of sp³-hybridized carbons (Fsp3) is 0.600. The maximum Gasteiger partial charge on any atom is 0.336 e. The van der Waals surface area contributed by atoms with Crippen molar-refractivity contribution in [2.24, 2.45) is 23.0 Å². The van der Waals surface area contributed by atoms with E-state index < -0.39 is 87.9 Å². The molecule has 0 bridgehead atoms. The van der Waals surface area contributed by atoms with Gasteiger partial charge in [-0.2, -0.15) is 0 Å². The van der Waals surface area contributed by atoms with Gasteiger partial charge in [-0.05, 0) is 74.3 Å². The molecule has 7 N–H and O–H groups in total. The Bertz CT molecular complexity index is 1910. The first-order chi connectivity index (χ1) is 30.2. The van der Waals surface area contributed by atoms with Gasteiger partial charge < -0.3 is 41.7 Å². The molecule has 352 valence electrons. The number of rotatable bonds is 17. The number of nitrogens with one attached hydrogen (secondary N) is 4. The number of likely N-dealkylation sites (tertiary alicyclic amines) is 1. The monoisotopic (exact) mass is 895 g/mol. The smallest absolute Gasteiger partial charge is 0.336 e. The number of primary amides is 1. The van der Waals surface area contributed by atoms with Crippen molar-refractivity contribution in [3.8, 4) is 0 Å². The van der Waals surface area contributed by atoms with Gasteiger partial charge in [0.2, 0.25) is 29.5 Å². The van der Waals surface area contributed by atoms with Crippen LogP contribution in [0, 0.1) is 27.4 Å². The molecule has 6 amide bonds.